The van der Waals surface area contributed by atoms with Gasteiger partial charge in [0.15, 0.2) is 0 Å². The van der Waals surface area contributed by atoms with E-state index in [2.05, 4.69) is 10.4 Å². The molecule has 1 aliphatic rings. The Labute approximate surface area is 161 Å². The molecule has 5 nitrogen and oxygen atoms in total. The molecule has 27 heavy (non-hydrogen) atoms. The number of hydrogen-bond donors (Lipinski definition) is 1. The third kappa shape index (κ3) is 4.27. The first kappa shape index (κ1) is 21.2. The predicted molar refractivity (Wildman–Crippen MR) is 97.5 cm³/mol. The fraction of sp³-hybridized carbons (Fsp3) is 0.444. The zero-order chi connectivity index (χ0) is 18.8. The fourth-order valence-corrected chi connectivity index (χ4v) is 3.52. The molecule has 0 spiro atoms. The number of nitrogens with zero attached hydrogens (tertiary/aromatic N) is 3. The van der Waals surface area contributed by atoms with Crippen molar-refractivity contribution < 1.29 is 18.0 Å². The largest absolute Gasteiger partial charge is 0.416 e. The fourth-order valence-electron chi connectivity index (χ4n) is 3.52. The Kier molecular flexibility index (Phi) is 6.54. The minimum absolute atomic E-state index is 0. The predicted octanol–water partition coefficient (Wildman–Crippen LogP) is 3.06. The van der Waals surface area contributed by atoms with Crippen LogP contribution < -0.4 is 5.32 Å². The van der Waals surface area contributed by atoms with E-state index in [1.54, 1.807) is 36.3 Å². The van der Waals surface area contributed by atoms with Crippen LogP contribution in [-0.4, -0.2) is 40.7 Å². The van der Waals surface area contributed by atoms with Crippen molar-refractivity contribution in [2.75, 3.05) is 20.1 Å². The molecule has 1 saturated heterocycles. The summed E-state index contributed by atoms with van der Waals surface area (Å²) < 4.78 is 41.3. The number of benzene rings is 1. The Morgan fingerprint density at radius 3 is 2.52 bits per heavy atom. The third-order valence-electron chi connectivity index (χ3n) is 4.85. The summed E-state index contributed by atoms with van der Waals surface area (Å²) in [5, 5.41) is 7.45. The van der Waals surface area contributed by atoms with Crippen molar-refractivity contribution in [3.05, 3.63) is 53.9 Å². The average Bonchev–Trinajstić information content (AvgIpc) is 3.16. The maximum Gasteiger partial charge on any atom is 0.416 e. The summed E-state index contributed by atoms with van der Waals surface area (Å²) in [5.74, 6) is -0.223. The Hall–Kier alpha value is -2.06. The SMILES string of the molecule is CN(Cc1ccccc1C(F)(F)F)C(=O)C1(n2cccn2)CCNCC1.Cl. The molecule has 0 radical (unpaired) electrons. The highest BCUT2D eigenvalue weighted by Crippen LogP contribution is 2.34. The van der Waals surface area contributed by atoms with Crippen molar-refractivity contribution >= 4 is 18.3 Å². The molecule has 0 aliphatic carbocycles. The highest BCUT2D eigenvalue weighted by molar-refractivity contribution is 5.85. The minimum atomic E-state index is -4.45. The molecule has 9 heteroatoms. The molecule has 1 aliphatic heterocycles. The molecule has 0 unspecified atom stereocenters. The molecule has 0 bridgehead atoms. The Morgan fingerprint density at radius 1 is 1.26 bits per heavy atom. The lowest BCUT2D eigenvalue weighted by Gasteiger charge is -2.39. The zero-order valence-electron chi connectivity index (χ0n) is 14.9. The van der Waals surface area contributed by atoms with Crippen LogP contribution in [0.1, 0.15) is 24.0 Å². The average molecular weight is 403 g/mol. The smallest absolute Gasteiger partial charge is 0.339 e. The Morgan fingerprint density at radius 2 is 1.93 bits per heavy atom. The van der Waals surface area contributed by atoms with E-state index >= 15 is 0 Å². The molecular formula is C18H22ClF3N4O. The zero-order valence-corrected chi connectivity index (χ0v) is 15.7. The van der Waals surface area contributed by atoms with Crippen LogP contribution in [0.25, 0.3) is 0 Å². The van der Waals surface area contributed by atoms with Gasteiger partial charge in [0.25, 0.3) is 5.91 Å². The number of nitrogens with one attached hydrogen (secondary N) is 1. The molecule has 2 aromatic rings. The van der Waals surface area contributed by atoms with Crippen LogP contribution in [0, 0.1) is 0 Å². The second-order valence-electron chi connectivity index (χ2n) is 6.55. The minimum Gasteiger partial charge on any atom is -0.339 e. The van der Waals surface area contributed by atoms with Crippen LogP contribution in [0.5, 0.6) is 0 Å². The monoisotopic (exact) mass is 402 g/mol. The van der Waals surface area contributed by atoms with Crippen molar-refractivity contribution in [2.45, 2.75) is 31.1 Å². The van der Waals surface area contributed by atoms with Crippen LogP contribution >= 0.6 is 12.4 Å². The van der Waals surface area contributed by atoms with E-state index in [1.807, 2.05) is 0 Å². The second-order valence-corrected chi connectivity index (χ2v) is 6.55. The van der Waals surface area contributed by atoms with E-state index < -0.39 is 17.3 Å². The lowest BCUT2D eigenvalue weighted by molar-refractivity contribution is -0.144. The number of alkyl halides is 3. The first-order valence-corrected chi connectivity index (χ1v) is 8.46. The van der Waals surface area contributed by atoms with Crippen LogP contribution in [0.3, 0.4) is 0 Å². The molecule has 0 atom stereocenters. The van der Waals surface area contributed by atoms with Gasteiger partial charge in [0.2, 0.25) is 0 Å². The molecule has 1 aromatic heterocycles. The van der Waals surface area contributed by atoms with Gasteiger partial charge in [-0.25, -0.2) is 0 Å². The summed E-state index contributed by atoms with van der Waals surface area (Å²) in [6.07, 6.45) is -0.0246. The molecule has 1 amide bonds. The molecule has 1 fully saturated rings. The lowest BCUT2D eigenvalue weighted by atomic mass is 9.86. The maximum atomic E-state index is 13.2. The molecule has 3 rings (SSSR count). The first-order chi connectivity index (χ1) is 12.3. The van der Waals surface area contributed by atoms with E-state index in [1.165, 1.54) is 17.0 Å². The molecular weight excluding hydrogens is 381 g/mol. The summed E-state index contributed by atoms with van der Waals surface area (Å²) >= 11 is 0. The van der Waals surface area contributed by atoms with Crippen molar-refractivity contribution in [2.24, 2.45) is 0 Å². The van der Waals surface area contributed by atoms with Crippen LogP contribution in [0.15, 0.2) is 42.7 Å². The van der Waals surface area contributed by atoms with Crippen molar-refractivity contribution in [1.82, 2.24) is 20.0 Å². The Balaban J connectivity index is 0.00000261. The van der Waals surface area contributed by atoms with Gasteiger partial charge in [0.05, 0.1) is 5.56 Å². The normalized spacial score (nSPS) is 16.4. The molecule has 1 aromatic carbocycles. The molecule has 1 N–H and O–H groups in total. The molecule has 2 heterocycles. The first-order valence-electron chi connectivity index (χ1n) is 8.46. The highest BCUT2D eigenvalue weighted by Gasteiger charge is 2.44. The summed E-state index contributed by atoms with van der Waals surface area (Å²) in [7, 11) is 1.54. The molecule has 148 valence electrons. The Bertz CT molecular complexity index is 758. The number of carbonyl (C=O) groups excluding carboxylic acids is 1. The quantitative estimate of drug-likeness (QED) is 0.855. The number of aromatic nitrogens is 2. The summed E-state index contributed by atoms with van der Waals surface area (Å²) in [4.78, 5) is 14.6. The van der Waals surface area contributed by atoms with E-state index in [9.17, 15) is 18.0 Å². The van der Waals surface area contributed by atoms with Gasteiger partial charge < -0.3 is 10.2 Å². The van der Waals surface area contributed by atoms with Gasteiger partial charge in [-0.1, -0.05) is 18.2 Å². The third-order valence-corrected chi connectivity index (χ3v) is 4.85. The van der Waals surface area contributed by atoms with Gasteiger partial charge >= 0.3 is 6.18 Å². The van der Waals surface area contributed by atoms with Gasteiger partial charge in [0.1, 0.15) is 5.54 Å². The standard InChI is InChI=1S/C18H21F3N4O.ClH/c1-24(13-14-5-2-3-6-15(14)18(19,20)21)16(26)17(7-10-22-11-8-17)25-12-4-9-23-25;/h2-6,9,12,22H,7-8,10-11,13H2,1H3;1H. The van der Waals surface area contributed by atoms with Crippen molar-refractivity contribution in [3.63, 3.8) is 0 Å². The van der Waals surface area contributed by atoms with Gasteiger partial charge in [-0.05, 0) is 43.6 Å². The summed E-state index contributed by atoms with van der Waals surface area (Å²) in [5.41, 5.74) is -1.49. The highest BCUT2D eigenvalue weighted by atomic mass is 35.5. The van der Waals surface area contributed by atoms with Crippen LogP contribution in [-0.2, 0) is 23.1 Å². The van der Waals surface area contributed by atoms with E-state index in [0.29, 0.717) is 25.9 Å². The summed E-state index contributed by atoms with van der Waals surface area (Å²) in [6, 6.07) is 7.11. The molecule has 0 saturated carbocycles. The van der Waals surface area contributed by atoms with Gasteiger partial charge in [-0.15, -0.1) is 12.4 Å². The maximum absolute atomic E-state index is 13.2. The topological polar surface area (TPSA) is 50.2 Å². The second kappa shape index (κ2) is 8.31. The number of likely N-dealkylation sites (N-methyl/N-ethyl adjacent to an activating group) is 1. The van der Waals surface area contributed by atoms with Gasteiger partial charge in [0, 0.05) is 26.0 Å². The van der Waals surface area contributed by atoms with E-state index in [4.69, 9.17) is 0 Å². The number of amides is 1. The van der Waals surface area contributed by atoms with E-state index in [0.717, 1.165) is 6.07 Å². The number of rotatable bonds is 4. The van der Waals surface area contributed by atoms with Crippen molar-refractivity contribution in [1.29, 1.82) is 0 Å². The number of hydrogen-bond acceptors (Lipinski definition) is 3. The van der Waals surface area contributed by atoms with Crippen molar-refractivity contribution in [3.8, 4) is 0 Å². The van der Waals surface area contributed by atoms with E-state index in [-0.39, 0.29) is 30.4 Å². The number of piperidine rings is 1. The van der Waals surface area contributed by atoms with Gasteiger partial charge in [-0.3, -0.25) is 9.48 Å². The summed E-state index contributed by atoms with van der Waals surface area (Å²) in [6.45, 7) is 1.20. The lowest BCUT2D eigenvalue weighted by Crippen LogP contribution is -2.54. The number of carbonyl (C=O) groups is 1. The van der Waals surface area contributed by atoms with Crippen LogP contribution in [0.4, 0.5) is 13.2 Å². The van der Waals surface area contributed by atoms with Gasteiger partial charge in [-0.2, -0.15) is 18.3 Å². The number of halogens is 4. The van der Waals surface area contributed by atoms with Crippen LogP contribution in [0.2, 0.25) is 0 Å².